The molecule has 1 aliphatic carbocycles. The number of ketones is 1. The number of benzene rings is 2. The van der Waals surface area contributed by atoms with Gasteiger partial charge in [-0.1, -0.05) is 23.7 Å². The minimum atomic E-state index is 0.0838. The second kappa shape index (κ2) is 5.98. The lowest BCUT2D eigenvalue weighted by Crippen LogP contribution is -2.14. The fourth-order valence-electron chi connectivity index (χ4n) is 2.76. The Hall–Kier alpha value is -2.06. The molecule has 3 rings (SSSR count). The molecule has 0 amide bonds. The summed E-state index contributed by atoms with van der Waals surface area (Å²) < 4.78 is 5.22. The van der Waals surface area contributed by atoms with Crippen molar-refractivity contribution in [2.75, 3.05) is 7.11 Å². The number of rotatable bonds is 2. The molecule has 2 aromatic rings. The number of Topliss-reactive ketones (excluding diaryl/α,β-unsaturated/α-hetero) is 1. The Bertz CT molecular complexity index is 775. The minimum Gasteiger partial charge on any atom is -0.497 e. The van der Waals surface area contributed by atoms with E-state index in [-0.39, 0.29) is 5.78 Å². The van der Waals surface area contributed by atoms with Crippen molar-refractivity contribution in [1.82, 2.24) is 0 Å². The lowest BCUT2D eigenvalue weighted by Gasteiger charge is -2.18. The standard InChI is InChI=1S/C19H17ClO2/c1-12-3-4-14(18(20)9-12)10-15-6-5-13-11-16(22-2)7-8-17(13)19(15)21/h3-4,7-11H,5-6H2,1-2H3/b15-10+. The van der Waals surface area contributed by atoms with E-state index in [1.807, 2.05) is 49.4 Å². The summed E-state index contributed by atoms with van der Waals surface area (Å²) in [6.07, 6.45) is 3.48. The fraction of sp³-hybridized carbons (Fsp3) is 0.211. The second-order valence-electron chi connectivity index (χ2n) is 5.55. The van der Waals surface area contributed by atoms with E-state index >= 15 is 0 Å². The topological polar surface area (TPSA) is 26.3 Å². The van der Waals surface area contributed by atoms with Crippen molar-refractivity contribution in [3.8, 4) is 5.75 Å². The normalized spacial score (nSPS) is 15.8. The summed E-state index contributed by atoms with van der Waals surface area (Å²) in [7, 11) is 1.64. The van der Waals surface area contributed by atoms with Crippen LogP contribution in [0.25, 0.3) is 6.08 Å². The minimum absolute atomic E-state index is 0.0838. The molecule has 0 N–H and O–H groups in total. The average Bonchev–Trinajstić information content (AvgIpc) is 2.52. The van der Waals surface area contributed by atoms with E-state index in [1.54, 1.807) is 7.11 Å². The third-order valence-electron chi connectivity index (χ3n) is 4.00. The highest BCUT2D eigenvalue weighted by atomic mass is 35.5. The van der Waals surface area contributed by atoms with E-state index < -0.39 is 0 Å². The highest BCUT2D eigenvalue weighted by Crippen LogP contribution is 2.30. The van der Waals surface area contributed by atoms with E-state index in [2.05, 4.69) is 0 Å². The van der Waals surface area contributed by atoms with Gasteiger partial charge in [-0.2, -0.15) is 0 Å². The van der Waals surface area contributed by atoms with Gasteiger partial charge >= 0.3 is 0 Å². The van der Waals surface area contributed by atoms with Crippen LogP contribution in [0.4, 0.5) is 0 Å². The molecule has 0 radical (unpaired) electrons. The van der Waals surface area contributed by atoms with Crippen molar-refractivity contribution in [2.45, 2.75) is 19.8 Å². The fourth-order valence-corrected chi connectivity index (χ4v) is 3.05. The third-order valence-corrected chi connectivity index (χ3v) is 4.33. The number of methoxy groups -OCH3 is 1. The Kier molecular flexibility index (Phi) is 4.04. The van der Waals surface area contributed by atoms with Gasteiger partial charge in [0.05, 0.1) is 7.11 Å². The van der Waals surface area contributed by atoms with E-state index in [0.29, 0.717) is 5.02 Å². The van der Waals surface area contributed by atoms with Gasteiger partial charge in [0.1, 0.15) is 5.75 Å². The maximum atomic E-state index is 12.6. The number of aryl methyl sites for hydroxylation is 2. The van der Waals surface area contributed by atoms with Crippen LogP contribution in [0.5, 0.6) is 5.75 Å². The van der Waals surface area contributed by atoms with Gasteiger partial charge in [0, 0.05) is 16.2 Å². The first-order chi connectivity index (χ1) is 10.6. The lowest BCUT2D eigenvalue weighted by atomic mass is 9.86. The van der Waals surface area contributed by atoms with Crippen molar-refractivity contribution < 1.29 is 9.53 Å². The average molecular weight is 313 g/mol. The monoisotopic (exact) mass is 312 g/mol. The van der Waals surface area contributed by atoms with Crippen LogP contribution in [-0.2, 0) is 6.42 Å². The van der Waals surface area contributed by atoms with Gasteiger partial charge < -0.3 is 4.74 Å². The number of allylic oxidation sites excluding steroid dienone is 1. The molecule has 0 bridgehead atoms. The van der Waals surface area contributed by atoms with Crippen molar-refractivity contribution >= 4 is 23.5 Å². The Morgan fingerprint density at radius 2 is 1.95 bits per heavy atom. The molecular weight excluding hydrogens is 296 g/mol. The van der Waals surface area contributed by atoms with E-state index in [1.165, 1.54) is 0 Å². The Balaban J connectivity index is 1.97. The van der Waals surface area contributed by atoms with Gasteiger partial charge in [-0.15, -0.1) is 0 Å². The van der Waals surface area contributed by atoms with Gasteiger partial charge in [0.25, 0.3) is 0 Å². The molecule has 0 atom stereocenters. The third kappa shape index (κ3) is 2.79. The number of hydrogen-bond acceptors (Lipinski definition) is 2. The Morgan fingerprint density at radius 3 is 2.68 bits per heavy atom. The first kappa shape index (κ1) is 14.9. The predicted octanol–water partition coefficient (Wildman–Crippen LogP) is 4.87. The summed E-state index contributed by atoms with van der Waals surface area (Å²) in [4.78, 5) is 12.6. The molecule has 0 aromatic heterocycles. The molecule has 0 fully saturated rings. The van der Waals surface area contributed by atoms with Crippen LogP contribution in [0.15, 0.2) is 42.0 Å². The summed E-state index contributed by atoms with van der Waals surface area (Å²) in [6.45, 7) is 2.00. The second-order valence-corrected chi connectivity index (χ2v) is 5.95. The van der Waals surface area contributed by atoms with Crippen LogP contribution < -0.4 is 4.74 Å². The van der Waals surface area contributed by atoms with E-state index in [9.17, 15) is 4.79 Å². The van der Waals surface area contributed by atoms with Crippen molar-refractivity contribution in [3.05, 3.63) is 69.2 Å². The van der Waals surface area contributed by atoms with Gasteiger partial charge in [-0.05, 0) is 66.8 Å². The highest BCUT2D eigenvalue weighted by molar-refractivity contribution is 6.32. The van der Waals surface area contributed by atoms with Crippen LogP contribution in [0.3, 0.4) is 0 Å². The molecule has 2 nitrogen and oxygen atoms in total. The van der Waals surface area contributed by atoms with Crippen LogP contribution in [0.2, 0.25) is 5.02 Å². The first-order valence-corrected chi connectivity index (χ1v) is 7.64. The maximum Gasteiger partial charge on any atom is 0.189 e. The number of fused-ring (bicyclic) bond motifs is 1. The number of halogens is 1. The molecule has 0 aliphatic heterocycles. The van der Waals surface area contributed by atoms with Crippen LogP contribution in [-0.4, -0.2) is 12.9 Å². The van der Waals surface area contributed by atoms with E-state index in [4.69, 9.17) is 16.3 Å². The molecule has 2 aromatic carbocycles. The van der Waals surface area contributed by atoms with Gasteiger partial charge in [0.2, 0.25) is 0 Å². The Morgan fingerprint density at radius 1 is 1.14 bits per heavy atom. The number of carbonyl (C=O) groups is 1. The van der Waals surface area contributed by atoms with Crippen LogP contribution in [0.1, 0.15) is 33.5 Å². The molecular formula is C19H17ClO2. The van der Waals surface area contributed by atoms with Gasteiger partial charge in [0.15, 0.2) is 5.78 Å². The Labute approximate surface area is 135 Å². The van der Waals surface area contributed by atoms with Crippen LogP contribution in [0, 0.1) is 6.92 Å². The molecule has 0 saturated heterocycles. The first-order valence-electron chi connectivity index (χ1n) is 7.27. The number of ether oxygens (including phenoxy) is 1. The van der Waals surface area contributed by atoms with Crippen LogP contribution >= 0.6 is 11.6 Å². The molecule has 112 valence electrons. The van der Waals surface area contributed by atoms with Gasteiger partial charge in [-0.25, -0.2) is 0 Å². The maximum absolute atomic E-state index is 12.6. The molecule has 0 saturated carbocycles. The molecule has 3 heteroatoms. The SMILES string of the molecule is COc1ccc2c(c1)CC/C(=C\c1ccc(C)cc1Cl)C2=O. The highest BCUT2D eigenvalue weighted by Gasteiger charge is 2.22. The van der Waals surface area contributed by atoms with Crippen molar-refractivity contribution in [2.24, 2.45) is 0 Å². The smallest absolute Gasteiger partial charge is 0.189 e. The molecule has 22 heavy (non-hydrogen) atoms. The summed E-state index contributed by atoms with van der Waals surface area (Å²) in [6, 6.07) is 11.5. The van der Waals surface area contributed by atoms with Crippen molar-refractivity contribution in [3.63, 3.8) is 0 Å². The summed E-state index contributed by atoms with van der Waals surface area (Å²) in [5.41, 5.74) is 4.63. The molecule has 0 unspecified atom stereocenters. The summed E-state index contributed by atoms with van der Waals surface area (Å²) in [5.74, 6) is 0.876. The number of carbonyl (C=O) groups excluding carboxylic acids is 1. The molecule has 1 aliphatic rings. The predicted molar refractivity (Wildman–Crippen MR) is 89.8 cm³/mol. The van der Waals surface area contributed by atoms with Crippen molar-refractivity contribution in [1.29, 1.82) is 0 Å². The van der Waals surface area contributed by atoms with Gasteiger partial charge in [-0.3, -0.25) is 4.79 Å². The summed E-state index contributed by atoms with van der Waals surface area (Å²) in [5, 5.41) is 0.681. The quantitative estimate of drug-likeness (QED) is 0.739. The number of hydrogen-bond donors (Lipinski definition) is 0. The summed E-state index contributed by atoms with van der Waals surface area (Å²) >= 11 is 6.26. The van der Waals surface area contributed by atoms with E-state index in [0.717, 1.165) is 46.4 Å². The zero-order valence-corrected chi connectivity index (χ0v) is 13.4. The zero-order chi connectivity index (χ0) is 15.7. The molecule has 0 heterocycles. The molecule has 0 spiro atoms. The zero-order valence-electron chi connectivity index (χ0n) is 12.7. The largest absolute Gasteiger partial charge is 0.497 e. The lowest BCUT2D eigenvalue weighted by molar-refractivity contribution is 0.102.